The molecule has 6 aromatic rings. The Morgan fingerprint density at radius 3 is 1.12 bits per heavy atom. The van der Waals surface area contributed by atoms with Gasteiger partial charge < -0.3 is 17.6 Å². The summed E-state index contributed by atoms with van der Waals surface area (Å²) in [5.41, 5.74) is 19.2. The number of hydrogen-bond donors (Lipinski definition) is 0. The van der Waals surface area contributed by atoms with Gasteiger partial charge in [0.05, 0.1) is 0 Å². The van der Waals surface area contributed by atoms with Crippen molar-refractivity contribution in [2.24, 2.45) is 10.8 Å². The third-order valence-electron chi connectivity index (χ3n) is 10.5. The van der Waals surface area contributed by atoms with Gasteiger partial charge in [-0.1, -0.05) is 208 Å². The van der Waals surface area contributed by atoms with Crippen LogP contribution in [0.3, 0.4) is 0 Å². The van der Waals surface area contributed by atoms with Crippen molar-refractivity contribution >= 4 is 46.2 Å². The number of hydrogen-bond acceptors (Lipinski definition) is 0. The van der Waals surface area contributed by atoms with Gasteiger partial charge in [0, 0.05) is 98.1 Å². The minimum absolute atomic E-state index is 0. The first-order valence-electron chi connectivity index (χ1n) is 24.0. The fourth-order valence-corrected chi connectivity index (χ4v) is 7.97. The van der Waals surface area contributed by atoms with Crippen LogP contribution in [-0.4, -0.2) is 13.4 Å². The predicted molar refractivity (Wildman–Crippen MR) is 284 cm³/mol. The van der Waals surface area contributed by atoms with Crippen molar-refractivity contribution < 1.29 is 98.1 Å². The monoisotopic (exact) mass is 1100 g/mol. The molecule has 0 saturated heterocycles. The van der Waals surface area contributed by atoms with E-state index in [-0.39, 0.29) is 105 Å². The zero-order chi connectivity index (χ0) is 47.1. The van der Waals surface area contributed by atoms with Crippen molar-refractivity contribution in [1.82, 2.24) is 0 Å². The zero-order valence-corrected chi connectivity index (χ0v) is 53.0. The molecule has 0 amide bonds. The quantitative estimate of drug-likeness (QED) is 0.119. The summed E-state index contributed by atoms with van der Waals surface area (Å²) in [4.78, 5) is 0. The minimum Gasteiger partial charge on any atom is -0.364 e. The van der Waals surface area contributed by atoms with Crippen LogP contribution in [0.1, 0.15) is 181 Å². The van der Waals surface area contributed by atoms with Crippen LogP contribution < -0.4 is 32.8 Å². The second-order valence-electron chi connectivity index (χ2n) is 20.6. The van der Waals surface area contributed by atoms with Gasteiger partial charge in [-0.05, 0) is 62.8 Å². The molecule has 2 aliphatic rings. The maximum atomic E-state index is 3.42. The fourth-order valence-electron chi connectivity index (χ4n) is 7.97. The van der Waals surface area contributed by atoms with Crippen molar-refractivity contribution in [3.05, 3.63) is 178 Å². The van der Waals surface area contributed by atoms with Crippen LogP contribution in [0.15, 0.2) is 115 Å². The molecule has 2 aliphatic heterocycles. The van der Waals surface area contributed by atoms with E-state index >= 15 is 0 Å². The zero-order valence-electron chi connectivity index (χ0n) is 44.5. The molecule has 66 heavy (non-hydrogen) atoms. The topological polar surface area (TPSA) is 0 Å². The van der Waals surface area contributed by atoms with E-state index in [0.717, 1.165) is 18.3 Å². The standard InChI is InChI=1S/C28H33B.C19H11B.2C5H12.2C2H6.3Y/c1-18(2)23-16-24(19(3)4)28(25(17-23)20(5)6)29-26-13-9-7-11-21(26)15-22-12-8-10-14-27(22)29;1-2-10-17(11-3-1)20-18-12-6-4-8-15(18)14-16-9-5-7-13-19(16)20;2*1-5(2,3)4;2*1-2;;;/h7-14,16-20H,15H2,1-6H3;1-9H,14H2;2*1-4H3;2*1-2H3;;;/q;-4;;;;;;;. The smallest absolute Gasteiger partial charge is 0.242 e. The maximum Gasteiger partial charge on any atom is 0.242 e. The first-order valence-corrected chi connectivity index (χ1v) is 24.0. The summed E-state index contributed by atoms with van der Waals surface area (Å²) in [6.07, 6.45) is 2.00. The molecular weight excluding hydrogens is 1020 g/mol. The Morgan fingerprint density at radius 1 is 0.424 bits per heavy atom. The minimum atomic E-state index is 0. The second kappa shape index (κ2) is 31.2. The number of benzene rings is 6. The Morgan fingerprint density at radius 2 is 0.758 bits per heavy atom. The van der Waals surface area contributed by atoms with Gasteiger partial charge in [0.1, 0.15) is 6.71 Å². The van der Waals surface area contributed by atoms with Crippen LogP contribution in [0.5, 0.6) is 0 Å². The summed E-state index contributed by atoms with van der Waals surface area (Å²) in [5.74, 6) is 1.55. The van der Waals surface area contributed by atoms with E-state index in [1.54, 1.807) is 5.46 Å². The van der Waals surface area contributed by atoms with Gasteiger partial charge in [0.2, 0.25) is 6.71 Å². The Hall–Kier alpha value is -1.24. The average Bonchev–Trinajstić information content (AvgIpc) is 3.25. The Labute approximate surface area is 483 Å². The molecule has 8 rings (SSSR count). The number of fused-ring (bicyclic) bond motifs is 4. The van der Waals surface area contributed by atoms with E-state index < -0.39 is 0 Å². The SMILES string of the molecule is CC.CC.CC(C)(C)C.CC(C)(C)C.CC(C)c1cc(C(C)C)c(B2c3ccccc3Cc3ccccc32)c(C(C)C)c1.[Y].[Y].[Y].[c-]1ccc[c-]c1B1c2[c-]cccc2Cc2ccc[c-]c21. The van der Waals surface area contributed by atoms with Gasteiger partial charge >= 0.3 is 0 Å². The first kappa shape index (κ1) is 64.8. The van der Waals surface area contributed by atoms with Crippen LogP contribution in [0.25, 0.3) is 0 Å². The Bertz CT molecular complexity index is 2140. The average molecular weight is 1100 g/mol. The normalized spacial score (nSPS) is 11.7. The van der Waals surface area contributed by atoms with E-state index in [9.17, 15) is 0 Å². The van der Waals surface area contributed by atoms with Crippen molar-refractivity contribution in [3.8, 4) is 0 Å². The van der Waals surface area contributed by atoms with E-state index in [1.807, 2.05) is 58.0 Å². The molecule has 0 fully saturated rings. The molecule has 0 unspecified atom stereocenters. The van der Waals surface area contributed by atoms with Gasteiger partial charge in [-0.2, -0.15) is 70.6 Å². The van der Waals surface area contributed by atoms with E-state index in [4.69, 9.17) is 0 Å². The Kier molecular flexibility index (Phi) is 30.6. The molecule has 0 aromatic heterocycles. The van der Waals surface area contributed by atoms with E-state index in [1.165, 1.54) is 60.8 Å². The van der Waals surface area contributed by atoms with Crippen molar-refractivity contribution in [2.45, 2.75) is 155 Å². The third-order valence-corrected chi connectivity index (χ3v) is 10.5. The summed E-state index contributed by atoms with van der Waals surface area (Å²) in [6, 6.07) is 55.0. The maximum absolute atomic E-state index is 3.42. The van der Waals surface area contributed by atoms with E-state index in [0.29, 0.717) is 35.3 Å². The summed E-state index contributed by atoms with van der Waals surface area (Å²) < 4.78 is 0. The molecule has 3 radical (unpaired) electrons. The number of rotatable bonds is 5. The molecule has 0 N–H and O–H groups in total. The molecular formula is C61H80B2Y3-4. The summed E-state index contributed by atoms with van der Waals surface area (Å²) in [7, 11) is 0. The Balaban J connectivity index is 0.000000993. The molecule has 343 valence electrons. The van der Waals surface area contributed by atoms with Crippen molar-refractivity contribution in [3.63, 3.8) is 0 Å². The summed E-state index contributed by atoms with van der Waals surface area (Å²) in [5, 5.41) is 0. The predicted octanol–water partition coefficient (Wildman–Crippen LogP) is 12.9. The molecule has 0 bridgehead atoms. The van der Waals surface area contributed by atoms with Gasteiger partial charge in [0.15, 0.2) is 0 Å². The summed E-state index contributed by atoms with van der Waals surface area (Å²) in [6.45, 7) is 40.0. The third kappa shape index (κ3) is 19.5. The molecule has 0 aliphatic carbocycles. The molecule has 6 aromatic carbocycles. The van der Waals surface area contributed by atoms with Crippen LogP contribution >= 0.6 is 0 Å². The summed E-state index contributed by atoms with van der Waals surface area (Å²) >= 11 is 0. The molecule has 0 atom stereocenters. The molecule has 0 spiro atoms. The van der Waals surface area contributed by atoms with Crippen LogP contribution in [0, 0.1) is 35.1 Å². The molecule has 0 saturated carbocycles. The second-order valence-corrected chi connectivity index (χ2v) is 20.6. The van der Waals surface area contributed by atoms with Crippen molar-refractivity contribution in [1.29, 1.82) is 0 Å². The molecule has 2 heterocycles. The van der Waals surface area contributed by atoms with Gasteiger partial charge in [0.25, 0.3) is 0 Å². The van der Waals surface area contributed by atoms with Crippen LogP contribution in [0.4, 0.5) is 0 Å². The van der Waals surface area contributed by atoms with Crippen molar-refractivity contribution in [2.75, 3.05) is 0 Å². The van der Waals surface area contributed by atoms with Gasteiger partial charge in [-0.25, -0.2) is 0 Å². The van der Waals surface area contributed by atoms with Gasteiger partial charge in [-0.3, -0.25) is 18.2 Å². The largest absolute Gasteiger partial charge is 0.364 e. The van der Waals surface area contributed by atoms with E-state index in [2.05, 4.69) is 206 Å². The van der Waals surface area contributed by atoms with Crippen LogP contribution in [-0.2, 0) is 111 Å². The first-order chi connectivity index (χ1) is 29.8. The van der Waals surface area contributed by atoms with Gasteiger partial charge in [-0.15, -0.1) is 0 Å². The molecule has 0 nitrogen and oxygen atoms in total. The molecule has 5 heteroatoms. The van der Waals surface area contributed by atoms with Crippen LogP contribution in [0.2, 0.25) is 0 Å². The fraction of sp³-hybridized carbons (Fsp3) is 0.410.